The zero-order chi connectivity index (χ0) is 10.7. The van der Waals surface area contributed by atoms with E-state index in [0.717, 1.165) is 37.1 Å². The summed E-state index contributed by atoms with van der Waals surface area (Å²) in [7, 11) is 0. The first-order chi connectivity index (χ1) is 7.28. The maximum atomic E-state index is 5.94. The second-order valence-corrected chi connectivity index (χ2v) is 5.32. The summed E-state index contributed by atoms with van der Waals surface area (Å²) in [5.74, 6) is 2.16. The number of alkyl halides is 1. The first-order valence-electron chi connectivity index (χ1n) is 5.32. The molecule has 0 radical (unpaired) electrons. The normalized spacial score (nSPS) is 28.1. The molecule has 2 atom stereocenters. The van der Waals surface area contributed by atoms with Gasteiger partial charge < -0.3 is 0 Å². The molecule has 0 bridgehead atoms. The summed E-state index contributed by atoms with van der Waals surface area (Å²) in [5.41, 5.74) is 1.09. The zero-order valence-corrected chi connectivity index (χ0v) is 10.5. The summed E-state index contributed by atoms with van der Waals surface area (Å²) >= 11 is 7.22. The molecule has 3 nitrogen and oxygen atoms in total. The highest BCUT2D eigenvalue weighted by Gasteiger charge is 2.24. The molecular weight excluding hydrogens is 230 g/mol. The van der Waals surface area contributed by atoms with Crippen LogP contribution in [0, 0.1) is 11.8 Å². The summed E-state index contributed by atoms with van der Waals surface area (Å²) in [6.07, 6.45) is 3.12. The Kier molecular flexibility index (Phi) is 3.94. The van der Waals surface area contributed by atoms with Gasteiger partial charge in [0.05, 0.1) is 23.6 Å². The van der Waals surface area contributed by atoms with Gasteiger partial charge in [0.2, 0.25) is 0 Å². The van der Waals surface area contributed by atoms with Crippen molar-refractivity contribution in [2.75, 3.05) is 19.0 Å². The third kappa shape index (κ3) is 3.13. The highest BCUT2D eigenvalue weighted by atomic mass is 35.5. The molecule has 1 aromatic rings. The van der Waals surface area contributed by atoms with Crippen molar-refractivity contribution in [1.29, 1.82) is 0 Å². The number of hydrogen-bond acceptors (Lipinski definition) is 4. The number of nitrogens with zero attached hydrogens (tertiary/aromatic N) is 3. The fourth-order valence-corrected chi connectivity index (χ4v) is 2.97. The molecule has 2 heterocycles. The van der Waals surface area contributed by atoms with E-state index in [1.54, 1.807) is 0 Å². The molecule has 1 aliphatic rings. The molecule has 0 spiro atoms. The van der Waals surface area contributed by atoms with Gasteiger partial charge in [0.25, 0.3) is 0 Å². The topological polar surface area (TPSA) is 29.0 Å². The molecule has 0 aromatic carbocycles. The van der Waals surface area contributed by atoms with Gasteiger partial charge in [-0.1, -0.05) is 6.92 Å². The minimum atomic E-state index is 0.641. The number of likely N-dealkylation sites (tertiary alicyclic amines) is 1. The quantitative estimate of drug-likeness (QED) is 0.765. The molecule has 2 unspecified atom stereocenters. The summed E-state index contributed by atoms with van der Waals surface area (Å²) in [6.45, 7) is 5.48. The molecule has 0 N–H and O–H groups in total. The summed E-state index contributed by atoms with van der Waals surface area (Å²) in [6, 6.07) is 0. The van der Waals surface area contributed by atoms with Crippen LogP contribution < -0.4 is 0 Å². The van der Waals surface area contributed by atoms with Crippen molar-refractivity contribution in [3.05, 3.63) is 11.9 Å². The van der Waals surface area contributed by atoms with Gasteiger partial charge in [-0.2, -0.15) is 8.75 Å². The van der Waals surface area contributed by atoms with Crippen LogP contribution in [0.2, 0.25) is 0 Å². The Bertz CT molecular complexity index is 291. The van der Waals surface area contributed by atoms with E-state index < -0.39 is 0 Å². The highest BCUT2D eigenvalue weighted by molar-refractivity contribution is 6.99. The Morgan fingerprint density at radius 1 is 1.60 bits per heavy atom. The van der Waals surface area contributed by atoms with Gasteiger partial charge in [-0.15, -0.1) is 11.6 Å². The second kappa shape index (κ2) is 5.23. The van der Waals surface area contributed by atoms with E-state index in [-0.39, 0.29) is 0 Å². The van der Waals surface area contributed by atoms with Crippen molar-refractivity contribution in [2.45, 2.75) is 19.9 Å². The molecule has 1 saturated heterocycles. The van der Waals surface area contributed by atoms with Crippen LogP contribution in [0.4, 0.5) is 0 Å². The lowest BCUT2D eigenvalue weighted by molar-refractivity contribution is 0.134. The average Bonchev–Trinajstić information content (AvgIpc) is 2.69. The SMILES string of the molecule is CC1CC(CCl)CN(Cc2cnsn2)C1. The minimum Gasteiger partial charge on any atom is -0.297 e. The lowest BCUT2D eigenvalue weighted by Crippen LogP contribution is -2.39. The van der Waals surface area contributed by atoms with Crippen LogP contribution in [-0.4, -0.2) is 32.6 Å². The lowest BCUT2D eigenvalue weighted by Gasteiger charge is -2.35. The molecule has 0 aliphatic carbocycles. The predicted molar refractivity (Wildman–Crippen MR) is 63.2 cm³/mol. The van der Waals surface area contributed by atoms with Crippen LogP contribution in [0.25, 0.3) is 0 Å². The van der Waals surface area contributed by atoms with Gasteiger partial charge in [0.15, 0.2) is 0 Å². The maximum absolute atomic E-state index is 5.94. The summed E-state index contributed by atoms with van der Waals surface area (Å²) in [4.78, 5) is 2.44. The maximum Gasteiger partial charge on any atom is 0.0883 e. The predicted octanol–water partition coefficient (Wildman–Crippen LogP) is 2.23. The molecule has 2 rings (SSSR count). The molecule has 1 fully saturated rings. The molecule has 5 heteroatoms. The van der Waals surface area contributed by atoms with Crippen LogP contribution in [0.1, 0.15) is 19.0 Å². The fourth-order valence-electron chi connectivity index (χ4n) is 2.32. The first kappa shape index (κ1) is 11.3. The molecule has 0 saturated carbocycles. The van der Waals surface area contributed by atoms with Gasteiger partial charge >= 0.3 is 0 Å². The van der Waals surface area contributed by atoms with E-state index in [4.69, 9.17) is 11.6 Å². The monoisotopic (exact) mass is 245 g/mol. The van der Waals surface area contributed by atoms with E-state index in [1.165, 1.54) is 18.1 Å². The smallest absolute Gasteiger partial charge is 0.0883 e. The Morgan fingerprint density at radius 2 is 2.47 bits per heavy atom. The Balaban J connectivity index is 1.91. The van der Waals surface area contributed by atoms with Crippen LogP contribution in [0.3, 0.4) is 0 Å². The Morgan fingerprint density at radius 3 is 3.13 bits per heavy atom. The molecular formula is C10H16ClN3S. The van der Waals surface area contributed by atoms with Gasteiger partial charge in [-0.3, -0.25) is 4.90 Å². The Labute approximate surface area is 99.8 Å². The lowest BCUT2D eigenvalue weighted by atomic mass is 9.92. The zero-order valence-electron chi connectivity index (χ0n) is 8.90. The highest BCUT2D eigenvalue weighted by Crippen LogP contribution is 2.23. The fraction of sp³-hybridized carbons (Fsp3) is 0.800. The molecule has 15 heavy (non-hydrogen) atoms. The van der Waals surface area contributed by atoms with Crippen LogP contribution in [-0.2, 0) is 6.54 Å². The van der Waals surface area contributed by atoms with Crippen molar-refractivity contribution >= 4 is 23.3 Å². The van der Waals surface area contributed by atoms with E-state index in [2.05, 4.69) is 20.6 Å². The summed E-state index contributed by atoms with van der Waals surface area (Å²) in [5, 5.41) is 0. The molecule has 1 aliphatic heterocycles. The van der Waals surface area contributed by atoms with E-state index in [1.807, 2.05) is 6.20 Å². The molecule has 0 amide bonds. The van der Waals surface area contributed by atoms with Crippen molar-refractivity contribution in [3.63, 3.8) is 0 Å². The Hall–Kier alpha value is -0.190. The van der Waals surface area contributed by atoms with Crippen molar-refractivity contribution in [2.24, 2.45) is 11.8 Å². The minimum absolute atomic E-state index is 0.641. The number of halogens is 1. The van der Waals surface area contributed by atoms with Gasteiger partial charge in [-0.25, -0.2) is 0 Å². The molecule has 84 valence electrons. The van der Waals surface area contributed by atoms with Gasteiger partial charge in [0, 0.05) is 25.5 Å². The van der Waals surface area contributed by atoms with Gasteiger partial charge in [-0.05, 0) is 18.3 Å². The average molecular weight is 246 g/mol. The van der Waals surface area contributed by atoms with E-state index in [0.29, 0.717) is 5.92 Å². The van der Waals surface area contributed by atoms with Crippen LogP contribution in [0.5, 0.6) is 0 Å². The van der Waals surface area contributed by atoms with Crippen molar-refractivity contribution in [1.82, 2.24) is 13.6 Å². The number of aromatic nitrogens is 2. The van der Waals surface area contributed by atoms with Crippen LogP contribution in [0.15, 0.2) is 6.20 Å². The third-order valence-electron chi connectivity index (χ3n) is 2.83. The third-order valence-corrected chi connectivity index (χ3v) is 3.79. The van der Waals surface area contributed by atoms with Crippen molar-refractivity contribution < 1.29 is 0 Å². The van der Waals surface area contributed by atoms with Gasteiger partial charge in [0.1, 0.15) is 0 Å². The standard InChI is InChI=1S/C10H16ClN3S/c1-8-2-9(3-11)6-14(5-8)7-10-4-12-15-13-10/h4,8-9H,2-3,5-7H2,1H3. The largest absolute Gasteiger partial charge is 0.297 e. The second-order valence-electron chi connectivity index (χ2n) is 4.45. The first-order valence-corrected chi connectivity index (χ1v) is 6.59. The van der Waals surface area contributed by atoms with Crippen LogP contribution >= 0.6 is 23.3 Å². The van der Waals surface area contributed by atoms with Crippen molar-refractivity contribution in [3.8, 4) is 0 Å². The number of hydrogen-bond donors (Lipinski definition) is 0. The van der Waals surface area contributed by atoms with E-state index >= 15 is 0 Å². The van der Waals surface area contributed by atoms with E-state index in [9.17, 15) is 0 Å². The summed E-state index contributed by atoms with van der Waals surface area (Å²) < 4.78 is 8.27. The number of piperidine rings is 1. The molecule has 1 aromatic heterocycles. The number of rotatable bonds is 3.